The first-order valence-electron chi connectivity index (χ1n) is 7.59. The summed E-state index contributed by atoms with van der Waals surface area (Å²) in [6.07, 6.45) is 0. The number of carbonyl (C=O) groups excluding carboxylic acids is 1. The van der Waals surface area contributed by atoms with E-state index < -0.39 is 0 Å². The van der Waals surface area contributed by atoms with Crippen LogP contribution in [0, 0.1) is 0 Å². The number of likely N-dealkylation sites (N-methyl/N-ethyl adjacent to an activating group) is 1. The number of ether oxygens (including phenoxy) is 2. The van der Waals surface area contributed by atoms with E-state index in [9.17, 15) is 4.79 Å². The van der Waals surface area contributed by atoms with Crippen LogP contribution in [0.15, 0.2) is 42.5 Å². The zero-order valence-corrected chi connectivity index (χ0v) is 14.8. The first-order chi connectivity index (χ1) is 11.5. The zero-order valence-electron chi connectivity index (χ0n) is 14.1. The molecule has 5 nitrogen and oxygen atoms in total. The van der Waals surface area contributed by atoms with E-state index >= 15 is 0 Å². The van der Waals surface area contributed by atoms with E-state index in [0.29, 0.717) is 29.5 Å². The predicted molar refractivity (Wildman–Crippen MR) is 95.1 cm³/mol. The number of anilines is 1. The Bertz CT molecular complexity index is 706. The SMILES string of the molecule is COc1cccc(NC(=O)C[NH+](C)Cc2cc(Cl)ccc2OC)c1. The van der Waals surface area contributed by atoms with Gasteiger partial charge in [0.1, 0.15) is 18.0 Å². The fraction of sp³-hybridized carbons (Fsp3) is 0.278. The summed E-state index contributed by atoms with van der Waals surface area (Å²) in [5, 5.41) is 3.53. The van der Waals surface area contributed by atoms with E-state index in [-0.39, 0.29) is 5.91 Å². The molecule has 2 aromatic carbocycles. The van der Waals surface area contributed by atoms with Gasteiger partial charge in [-0.15, -0.1) is 0 Å². The lowest BCUT2D eigenvalue weighted by Gasteiger charge is -2.16. The number of hydrogen-bond donors (Lipinski definition) is 2. The topological polar surface area (TPSA) is 52.0 Å². The Hall–Kier alpha value is -2.24. The number of carbonyl (C=O) groups is 1. The van der Waals surface area contributed by atoms with Gasteiger partial charge in [0.2, 0.25) is 0 Å². The molecule has 0 spiro atoms. The van der Waals surface area contributed by atoms with Crippen molar-refractivity contribution in [2.24, 2.45) is 0 Å². The summed E-state index contributed by atoms with van der Waals surface area (Å²) in [4.78, 5) is 13.2. The average molecular weight is 350 g/mol. The molecule has 24 heavy (non-hydrogen) atoms. The highest BCUT2D eigenvalue weighted by Crippen LogP contribution is 2.21. The van der Waals surface area contributed by atoms with Crippen molar-refractivity contribution in [3.05, 3.63) is 53.1 Å². The molecular weight excluding hydrogens is 328 g/mol. The molecule has 1 atom stereocenters. The third-order valence-electron chi connectivity index (χ3n) is 3.55. The standard InChI is InChI=1S/C18H21ClN2O3/c1-21(11-13-9-14(19)7-8-17(13)24-3)12-18(22)20-15-5-4-6-16(10-15)23-2/h4-10H,11-12H2,1-3H3,(H,20,22)/p+1. The number of methoxy groups -OCH3 is 2. The maximum absolute atomic E-state index is 12.2. The quantitative estimate of drug-likeness (QED) is 0.804. The van der Waals surface area contributed by atoms with Gasteiger partial charge in [-0.05, 0) is 30.3 Å². The van der Waals surface area contributed by atoms with Gasteiger partial charge in [0.05, 0.1) is 21.3 Å². The van der Waals surface area contributed by atoms with Crippen molar-refractivity contribution in [1.29, 1.82) is 0 Å². The van der Waals surface area contributed by atoms with Gasteiger partial charge in [0.25, 0.3) is 5.91 Å². The van der Waals surface area contributed by atoms with E-state index in [0.717, 1.165) is 16.2 Å². The molecule has 0 aliphatic rings. The van der Waals surface area contributed by atoms with Crippen LogP contribution < -0.4 is 19.7 Å². The lowest BCUT2D eigenvalue weighted by Crippen LogP contribution is -3.08. The molecule has 0 saturated heterocycles. The number of amides is 1. The largest absolute Gasteiger partial charge is 0.497 e. The fourth-order valence-corrected chi connectivity index (χ4v) is 2.65. The molecule has 2 aromatic rings. The predicted octanol–water partition coefficient (Wildman–Crippen LogP) is 2.01. The van der Waals surface area contributed by atoms with Crippen molar-refractivity contribution in [1.82, 2.24) is 0 Å². The highest BCUT2D eigenvalue weighted by Gasteiger charge is 2.14. The van der Waals surface area contributed by atoms with Gasteiger partial charge in [-0.25, -0.2) is 0 Å². The maximum Gasteiger partial charge on any atom is 0.279 e. The molecule has 2 N–H and O–H groups in total. The molecule has 0 aliphatic carbocycles. The molecule has 2 rings (SSSR count). The van der Waals surface area contributed by atoms with E-state index in [4.69, 9.17) is 21.1 Å². The summed E-state index contributed by atoms with van der Waals surface area (Å²) in [5.74, 6) is 1.41. The van der Waals surface area contributed by atoms with Crippen LogP contribution >= 0.6 is 11.6 Å². The second-order valence-electron chi connectivity index (χ2n) is 5.55. The molecule has 0 aromatic heterocycles. The van der Waals surface area contributed by atoms with Gasteiger partial charge in [0.15, 0.2) is 6.54 Å². The third kappa shape index (κ3) is 5.15. The van der Waals surface area contributed by atoms with Gasteiger partial charge < -0.3 is 19.7 Å². The molecule has 0 heterocycles. The van der Waals surface area contributed by atoms with Crippen LogP contribution in [0.4, 0.5) is 5.69 Å². The highest BCUT2D eigenvalue weighted by molar-refractivity contribution is 6.30. The molecule has 0 saturated carbocycles. The average Bonchev–Trinajstić information content (AvgIpc) is 2.55. The maximum atomic E-state index is 12.2. The third-order valence-corrected chi connectivity index (χ3v) is 3.79. The van der Waals surface area contributed by atoms with Crippen molar-refractivity contribution in [2.75, 3.05) is 33.1 Å². The Morgan fingerprint density at radius 1 is 1.17 bits per heavy atom. The molecule has 0 fully saturated rings. The van der Waals surface area contributed by atoms with Crippen LogP contribution in [0.1, 0.15) is 5.56 Å². The van der Waals surface area contributed by atoms with Crippen LogP contribution in [-0.4, -0.2) is 33.7 Å². The van der Waals surface area contributed by atoms with Crippen molar-refractivity contribution in [3.63, 3.8) is 0 Å². The van der Waals surface area contributed by atoms with Gasteiger partial charge in [-0.3, -0.25) is 4.79 Å². The second kappa shape index (κ2) is 8.57. The molecule has 0 bridgehead atoms. The Kier molecular flexibility index (Phi) is 6.46. The summed E-state index contributed by atoms with van der Waals surface area (Å²) >= 11 is 6.04. The van der Waals surface area contributed by atoms with Gasteiger partial charge >= 0.3 is 0 Å². The van der Waals surface area contributed by atoms with Gasteiger partial charge in [-0.2, -0.15) is 0 Å². The Morgan fingerprint density at radius 3 is 2.67 bits per heavy atom. The minimum atomic E-state index is -0.0678. The summed E-state index contributed by atoms with van der Waals surface area (Å²) in [6, 6.07) is 12.8. The number of rotatable bonds is 7. The van der Waals surface area contributed by atoms with E-state index in [1.54, 1.807) is 26.4 Å². The number of quaternary nitrogens is 1. The molecular formula is C18H22ClN2O3+. The Balaban J connectivity index is 1.95. The van der Waals surface area contributed by atoms with Crippen molar-refractivity contribution in [2.45, 2.75) is 6.54 Å². The van der Waals surface area contributed by atoms with Crippen molar-refractivity contribution >= 4 is 23.2 Å². The second-order valence-corrected chi connectivity index (χ2v) is 5.98. The fourth-order valence-electron chi connectivity index (χ4n) is 2.45. The smallest absolute Gasteiger partial charge is 0.279 e. The van der Waals surface area contributed by atoms with Crippen LogP contribution in [-0.2, 0) is 11.3 Å². The Labute approximate surface area is 147 Å². The van der Waals surface area contributed by atoms with Crippen LogP contribution in [0.2, 0.25) is 5.02 Å². The van der Waals surface area contributed by atoms with Crippen molar-refractivity contribution < 1.29 is 19.2 Å². The summed E-state index contributed by atoms with van der Waals surface area (Å²) in [6.45, 7) is 0.960. The van der Waals surface area contributed by atoms with Crippen LogP contribution in [0.3, 0.4) is 0 Å². The minimum absolute atomic E-state index is 0.0678. The van der Waals surface area contributed by atoms with E-state index in [1.807, 2.05) is 37.4 Å². The zero-order chi connectivity index (χ0) is 17.5. The van der Waals surface area contributed by atoms with Crippen molar-refractivity contribution in [3.8, 4) is 11.5 Å². The molecule has 1 amide bonds. The van der Waals surface area contributed by atoms with Gasteiger partial charge in [-0.1, -0.05) is 17.7 Å². The summed E-state index contributed by atoms with van der Waals surface area (Å²) < 4.78 is 10.5. The lowest BCUT2D eigenvalue weighted by atomic mass is 10.2. The molecule has 6 heteroatoms. The van der Waals surface area contributed by atoms with Gasteiger partial charge in [0, 0.05) is 22.3 Å². The number of hydrogen-bond acceptors (Lipinski definition) is 3. The first kappa shape index (κ1) is 18.1. The monoisotopic (exact) mass is 349 g/mol. The van der Waals surface area contributed by atoms with E-state index in [2.05, 4.69) is 5.32 Å². The van der Waals surface area contributed by atoms with Crippen LogP contribution in [0.25, 0.3) is 0 Å². The molecule has 0 radical (unpaired) electrons. The molecule has 128 valence electrons. The van der Waals surface area contributed by atoms with E-state index in [1.165, 1.54) is 0 Å². The minimum Gasteiger partial charge on any atom is -0.497 e. The Morgan fingerprint density at radius 2 is 1.96 bits per heavy atom. The highest BCUT2D eigenvalue weighted by atomic mass is 35.5. The number of nitrogens with one attached hydrogen (secondary N) is 2. The summed E-state index contributed by atoms with van der Waals surface area (Å²) in [5.41, 5.74) is 1.68. The first-order valence-corrected chi connectivity index (χ1v) is 7.97. The molecule has 1 unspecified atom stereocenters. The normalized spacial score (nSPS) is 11.7. The number of halogens is 1. The lowest BCUT2D eigenvalue weighted by molar-refractivity contribution is -0.885. The summed E-state index contributed by atoms with van der Waals surface area (Å²) in [7, 11) is 5.17. The molecule has 0 aliphatic heterocycles. The number of benzene rings is 2. The van der Waals surface area contributed by atoms with Crippen LogP contribution in [0.5, 0.6) is 11.5 Å².